The number of carbonyl (C=O) groups excluding carboxylic acids is 3. The van der Waals surface area contributed by atoms with E-state index >= 15 is 0 Å². The molecule has 0 unspecified atom stereocenters. The van der Waals surface area contributed by atoms with E-state index in [4.69, 9.17) is 22.1 Å². The quantitative estimate of drug-likeness (QED) is 0.323. The Morgan fingerprint density at radius 3 is 2.48 bits per heavy atom. The highest BCUT2D eigenvalue weighted by atomic mass is 35.5. The molecule has 10 nitrogen and oxygen atoms in total. The van der Waals surface area contributed by atoms with Gasteiger partial charge >= 0.3 is 0 Å². The number of benzene rings is 1. The molecule has 0 atom stereocenters. The first-order valence-corrected chi connectivity index (χ1v) is 10.1. The molecule has 2 aromatic rings. The highest BCUT2D eigenvalue weighted by Gasteiger charge is 2.22. The predicted octanol–water partition coefficient (Wildman–Crippen LogP) is 2.10. The number of halogens is 1. The van der Waals surface area contributed by atoms with Crippen molar-refractivity contribution in [1.29, 1.82) is 0 Å². The highest BCUT2D eigenvalue weighted by molar-refractivity contribution is 6.54. The number of hydrogen-bond donors (Lipinski definition) is 3. The van der Waals surface area contributed by atoms with Gasteiger partial charge in [0.2, 0.25) is 0 Å². The number of nitrogens with one attached hydrogen (secondary N) is 2. The first kappa shape index (κ1) is 23.6. The number of rotatable bonds is 7. The van der Waals surface area contributed by atoms with Crippen LogP contribution < -0.4 is 21.3 Å². The monoisotopic (exact) mass is 468 g/mol. The first-order chi connectivity index (χ1) is 15.9. The Hall–Kier alpha value is -4.02. The average Bonchev–Trinajstić information content (AvgIpc) is 2.81. The summed E-state index contributed by atoms with van der Waals surface area (Å²) in [5.74, 6) is -1.46. The Balaban J connectivity index is 1.69. The van der Waals surface area contributed by atoms with E-state index in [-0.39, 0.29) is 29.0 Å². The molecule has 1 aliphatic rings. The van der Waals surface area contributed by atoms with Crippen molar-refractivity contribution in [1.82, 2.24) is 4.98 Å². The number of carbonyl (C=O) groups is 3. The number of ether oxygens (including phenoxy) is 1. The Kier molecular flexibility index (Phi) is 7.90. The standard InChI is InChI=1S/C22H21ClN6O4/c1-14(20(25-9-8-24)22(32)28-16-4-7-18(23)26-12-16)21(31)27-15-2-5-17(6-3-15)29-10-11-33-13-19(29)30/h2-9,12H,1,10-11,13,24H2,(H,27,31)(H,28,32)/b9-8-,25-20+. The van der Waals surface area contributed by atoms with Crippen molar-refractivity contribution in [3.8, 4) is 0 Å². The van der Waals surface area contributed by atoms with Crippen LogP contribution in [0.2, 0.25) is 5.15 Å². The second-order valence-electron chi connectivity index (χ2n) is 6.72. The maximum Gasteiger partial charge on any atom is 0.275 e. The summed E-state index contributed by atoms with van der Waals surface area (Å²) >= 11 is 5.75. The third-order valence-corrected chi connectivity index (χ3v) is 4.70. The lowest BCUT2D eigenvalue weighted by Crippen LogP contribution is -2.41. The van der Waals surface area contributed by atoms with Crippen molar-refractivity contribution >= 4 is 52.1 Å². The third-order valence-electron chi connectivity index (χ3n) is 4.47. The molecule has 0 saturated carbocycles. The van der Waals surface area contributed by atoms with E-state index in [2.05, 4.69) is 27.2 Å². The number of aromatic nitrogens is 1. The Bertz CT molecular complexity index is 1110. The van der Waals surface area contributed by atoms with Gasteiger partial charge in [-0.1, -0.05) is 18.2 Å². The summed E-state index contributed by atoms with van der Waals surface area (Å²) in [6.07, 6.45) is 3.65. The minimum absolute atomic E-state index is 0.0335. The molecule has 1 aromatic heterocycles. The van der Waals surface area contributed by atoms with E-state index < -0.39 is 11.8 Å². The van der Waals surface area contributed by atoms with Crippen molar-refractivity contribution in [2.45, 2.75) is 0 Å². The van der Waals surface area contributed by atoms with Crippen molar-refractivity contribution in [2.24, 2.45) is 10.7 Å². The fourth-order valence-corrected chi connectivity index (χ4v) is 2.97. The lowest BCUT2D eigenvalue weighted by molar-refractivity contribution is -0.125. The molecule has 2 heterocycles. The number of aliphatic imine (C=N–C) groups is 1. The molecule has 3 rings (SSSR count). The molecule has 11 heteroatoms. The van der Waals surface area contributed by atoms with Gasteiger partial charge in [0, 0.05) is 30.3 Å². The minimum atomic E-state index is -0.682. The summed E-state index contributed by atoms with van der Waals surface area (Å²) in [6, 6.07) is 9.73. The molecule has 33 heavy (non-hydrogen) atoms. The molecule has 3 amide bonds. The van der Waals surface area contributed by atoms with E-state index in [1.165, 1.54) is 18.5 Å². The number of morpholine rings is 1. The maximum absolute atomic E-state index is 12.7. The van der Waals surface area contributed by atoms with Gasteiger partial charge in [-0.15, -0.1) is 0 Å². The van der Waals surface area contributed by atoms with Gasteiger partial charge in [-0.3, -0.25) is 14.4 Å². The molecule has 0 radical (unpaired) electrons. The van der Waals surface area contributed by atoms with Crippen molar-refractivity contribution in [3.63, 3.8) is 0 Å². The summed E-state index contributed by atoms with van der Waals surface area (Å²) in [4.78, 5) is 46.8. The minimum Gasteiger partial charge on any atom is -0.403 e. The molecular weight excluding hydrogens is 448 g/mol. The van der Waals surface area contributed by atoms with Crippen LogP contribution in [0.1, 0.15) is 0 Å². The zero-order chi connectivity index (χ0) is 23.8. The summed E-state index contributed by atoms with van der Waals surface area (Å²) in [6.45, 7) is 4.64. The number of nitrogens with two attached hydrogens (primary N) is 1. The van der Waals surface area contributed by atoms with Crippen LogP contribution in [-0.4, -0.2) is 48.2 Å². The third kappa shape index (κ3) is 6.25. The second kappa shape index (κ2) is 11.0. The van der Waals surface area contributed by atoms with Gasteiger partial charge < -0.3 is 26.0 Å². The summed E-state index contributed by atoms with van der Waals surface area (Å²) in [5.41, 5.74) is 6.39. The largest absolute Gasteiger partial charge is 0.403 e. The zero-order valence-corrected chi connectivity index (χ0v) is 18.2. The van der Waals surface area contributed by atoms with Crippen LogP contribution in [0.5, 0.6) is 0 Å². The Morgan fingerprint density at radius 2 is 1.85 bits per heavy atom. The Morgan fingerprint density at radius 1 is 1.15 bits per heavy atom. The van der Waals surface area contributed by atoms with E-state index in [0.717, 1.165) is 6.20 Å². The topological polar surface area (TPSA) is 139 Å². The molecule has 170 valence electrons. The van der Waals surface area contributed by atoms with Crippen LogP contribution in [0.25, 0.3) is 0 Å². The van der Waals surface area contributed by atoms with Gasteiger partial charge in [0.15, 0.2) is 0 Å². The van der Waals surface area contributed by atoms with Gasteiger partial charge in [0.25, 0.3) is 17.7 Å². The first-order valence-electron chi connectivity index (χ1n) is 9.75. The molecule has 0 aliphatic carbocycles. The molecule has 4 N–H and O–H groups in total. The van der Waals surface area contributed by atoms with Crippen LogP contribution in [0, 0.1) is 0 Å². The van der Waals surface area contributed by atoms with E-state index in [0.29, 0.717) is 30.2 Å². The Labute approximate surface area is 194 Å². The number of amides is 3. The summed E-state index contributed by atoms with van der Waals surface area (Å²) < 4.78 is 5.12. The molecule has 1 fully saturated rings. The average molecular weight is 469 g/mol. The van der Waals surface area contributed by atoms with Crippen LogP contribution >= 0.6 is 11.6 Å². The number of nitrogens with zero attached hydrogens (tertiary/aromatic N) is 3. The smallest absolute Gasteiger partial charge is 0.275 e. The highest BCUT2D eigenvalue weighted by Crippen LogP contribution is 2.20. The van der Waals surface area contributed by atoms with Crippen LogP contribution in [0.4, 0.5) is 17.1 Å². The zero-order valence-electron chi connectivity index (χ0n) is 17.5. The van der Waals surface area contributed by atoms with Crippen molar-refractivity contribution < 1.29 is 19.1 Å². The molecule has 1 aromatic carbocycles. The normalized spacial score (nSPS) is 14.3. The molecular formula is C22H21ClN6O4. The van der Waals surface area contributed by atoms with Crippen LogP contribution in [0.3, 0.4) is 0 Å². The van der Waals surface area contributed by atoms with E-state index in [1.54, 1.807) is 35.2 Å². The van der Waals surface area contributed by atoms with Crippen molar-refractivity contribution in [2.75, 3.05) is 35.3 Å². The second-order valence-corrected chi connectivity index (χ2v) is 7.11. The fraction of sp³-hybridized carbons (Fsp3) is 0.136. The number of anilines is 3. The predicted molar refractivity (Wildman–Crippen MR) is 126 cm³/mol. The van der Waals surface area contributed by atoms with Gasteiger partial charge in [0.05, 0.1) is 24.1 Å². The van der Waals surface area contributed by atoms with Gasteiger partial charge in [-0.25, -0.2) is 9.98 Å². The summed E-state index contributed by atoms with van der Waals surface area (Å²) in [5, 5.41) is 5.49. The molecule has 0 spiro atoms. The van der Waals surface area contributed by atoms with E-state index in [9.17, 15) is 14.4 Å². The van der Waals surface area contributed by atoms with Gasteiger partial charge in [-0.2, -0.15) is 0 Å². The van der Waals surface area contributed by atoms with Crippen molar-refractivity contribution in [3.05, 3.63) is 72.3 Å². The van der Waals surface area contributed by atoms with Crippen LogP contribution in [0.15, 0.2) is 72.1 Å². The maximum atomic E-state index is 12.7. The molecule has 1 aliphatic heterocycles. The molecule has 1 saturated heterocycles. The number of hydrogen-bond acceptors (Lipinski definition) is 7. The SMILES string of the molecule is C=C(C(=O)Nc1ccc(N2CCOCC2=O)cc1)/C(=N\C=C/N)C(=O)Nc1ccc(Cl)nc1. The van der Waals surface area contributed by atoms with E-state index in [1.807, 2.05) is 0 Å². The lowest BCUT2D eigenvalue weighted by atomic mass is 10.1. The summed E-state index contributed by atoms with van der Waals surface area (Å²) in [7, 11) is 0. The lowest BCUT2D eigenvalue weighted by Gasteiger charge is -2.26. The fourth-order valence-electron chi connectivity index (χ4n) is 2.86. The van der Waals surface area contributed by atoms with Crippen LogP contribution in [-0.2, 0) is 19.1 Å². The number of pyridine rings is 1. The van der Waals surface area contributed by atoms with Gasteiger partial charge in [0.1, 0.15) is 17.5 Å². The van der Waals surface area contributed by atoms with Gasteiger partial charge in [-0.05, 0) is 36.4 Å². The molecule has 0 bridgehead atoms.